The summed E-state index contributed by atoms with van der Waals surface area (Å²) in [7, 11) is 0. The molecule has 0 unspecified atom stereocenters. The second kappa shape index (κ2) is 7.98. The van der Waals surface area contributed by atoms with Crippen LogP contribution in [0.3, 0.4) is 0 Å². The Kier molecular flexibility index (Phi) is 5.21. The molecule has 8 heteroatoms. The van der Waals surface area contributed by atoms with Gasteiger partial charge in [0.05, 0.1) is 0 Å². The first kappa shape index (κ1) is 20.2. The van der Waals surface area contributed by atoms with Gasteiger partial charge in [0.25, 0.3) is 11.5 Å². The Morgan fingerprint density at radius 3 is 2.39 bits per heavy atom. The highest BCUT2D eigenvalue weighted by Crippen LogP contribution is 2.25. The van der Waals surface area contributed by atoms with Crippen LogP contribution in [0.2, 0.25) is 0 Å². The van der Waals surface area contributed by atoms with Crippen molar-refractivity contribution in [1.29, 1.82) is 0 Å². The van der Waals surface area contributed by atoms with Gasteiger partial charge in [0.2, 0.25) is 0 Å². The Morgan fingerprint density at radius 1 is 0.871 bits per heavy atom. The van der Waals surface area contributed by atoms with E-state index in [2.05, 4.69) is 15.0 Å². The first-order valence-electron chi connectivity index (χ1n) is 9.18. The molecule has 0 radical (unpaired) electrons. The van der Waals surface area contributed by atoms with E-state index < -0.39 is 23.6 Å². The van der Waals surface area contributed by atoms with Crippen molar-refractivity contribution in [3.63, 3.8) is 0 Å². The van der Waals surface area contributed by atoms with E-state index in [1.807, 2.05) is 42.5 Å². The van der Waals surface area contributed by atoms with Crippen LogP contribution < -0.4 is 15.6 Å². The molecular weight excluding hydrogens is 409 g/mol. The quantitative estimate of drug-likeness (QED) is 0.464. The number of alkyl halides is 3. The van der Waals surface area contributed by atoms with Crippen LogP contribution in [-0.2, 0) is 0 Å². The zero-order chi connectivity index (χ0) is 22.0. The number of halogens is 3. The van der Waals surface area contributed by atoms with Crippen LogP contribution in [0.25, 0.3) is 22.0 Å². The molecule has 0 atom stereocenters. The number of benzene rings is 3. The van der Waals surface area contributed by atoms with Crippen molar-refractivity contribution in [1.82, 2.24) is 4.98 Å². The van der Waals surface area contributed by atoms with Crippen LogP contribution in [-0.4, -0.2) is 17.3 Å². The number of pyridine rings is 1. The van der Waals surface area contributed by atoms with Crippen molar-refractivity contribution in [2.75, 3.05) is 5.32 Å². The number of ether oxygens (including phenoxy) is 1. The summed E-state index contributed by atoms with van der Waals surface area (Å²) in [5.74, 6) is -1.23. The summed E-state index contributed by atoms with van der Waals surface area (Å²) in [6, 6.07) is 21.3. The summed E-state index contributed by atoms with van der Waals surface area (Å²) < 4.78 is 40.9. The zero-order valence-electron chi connectivity index (χ0n) is 15.9. The average Bonchev–Trinajstić information content (AvgIpc) is 2.72. The molecule has 1 heterocycles. The Morgan fingerprint density at radius 2 is 1.65 bits per heavy atom. The maximum atomic E-state index is 12.5. The molecule has 0 saturated heterocycles. The molecule has 2 N–H and O–H groups in total. The second-order valence-electron chi connectivity index (χ2n) is 6.71. The van der Waals surface area contributed by atoms with Gasteiger partial charge in [-0.3, -0.25) is 9.59 Å². The molecule has 5 nitrogen and oxygen atoms in total. The predicted octanol–water partition coefficient (Wildman–Crippen LogP) is 5.35. The number of rotatable bonds is 4. The van der Waals surface area contributed by atoms with Crippen LogP contribution in [0.5, 0.6) is 5.75 Å². The first-order chi connectivity index (χ1) is 14.8. The molecule has 1 amide bonds. The fourth-order valence-corrected chi connectivity index (χ4v) is 3.15. The van der Waals surface area contributed by atoms with E-state index in [0.717, 1.165) is 28.5 Å². The van der Waals surface area contributed by atoms with E-state index >= 15 is 0 Å². The molecular formula is C23H15F3N2O3. The number of nitrogens with one attached hydrogen (secondary N) is 2. The van der Waals surface area contributed by atoms with Gasteiger partial charge in [0.1, 0.15) is 11.3 Å². The fraction of sp³-hybridized carbons (Fsp3) is 0.0435. The summed E-state index contributed by atoms with van der Waals surface area (Å²) in [5.41, 5.74) is 0.579. The van der Waals surface area contributed by atoms with Crippen molar-refractivity contribution in [3.05, 3.63) is 94.8 Å². The third-order valence-electron chi connectivity index (χ3n) is 4.54. The third-order valence-corrected chi connectivity index (χ3v) is 4.54. The minimum Gasteiger partial charge on any atom is -0.406 e. The molecule has 1 aromatic heterocycles. The summed E-state index contributed by atoms with van der Waals surface area (Å²) in [4.78, 5) is 27.6. The SMILES string of the molecule is O=C(Nc1cccc(OC(F)(F)F)c1)c1ccc(-c2ccc3ccccc3c2)[nH]c1=O. The number of aromatic nitrogens is 1. The normalized spacial score (nSPS) is 11.3. The van der Waals surface area contributed by atoms with Crippen LogP contribution in [0.1, 0.15) is 10.4 Å². The van der Waals surface area contributed by atoms with Gasteiger partial charge in [0, 0.05) is 17.4 Å². The van der Waals surface area contributed by atoms with Gasteiger partial charge in [-0.2, -0.15) is 0 Å². The number of fused-ring (bicyclic) bond motifs is 1. The molecule has 0 spiro atoms. The molecule has 4 rings (SSSR count). The Hall–Kier alpha value is -4.07. The Labute approximate surface area is 174 Å². The van der Waals surface area contributed by atoms with Gasteiger partial charge in [0.15, 0.2) is 0 Å². The molecule has 3 aromatic carbocycles. The molecule has 31 heavy (non-hydrogen) atoms. The van der Waals surface area contributed by atoms with Crippen LogP contribution in [0.4, 0.5) is 18.9 Å². The second-order valence-corrected chi connectivity index (χ2v) is 6.71. The van der Waals surface area contributed by atoms with E-state index in [-0.39, 0.29) is 11.3 Å². The number of carbonyl (C=O) groups excluding carboxylic acids is 1. The van der Waals surface area contributed by atoms with E-state index in [4.69, 9.17) is 0 Å². The van der Waals surface area contributed by atoms with E-state index in [1.54, 1.807) is 6.07 Å². The fourth-order valence-electron chi connectivity index (χ4n) is 3.15. The van der Waals surface area contributed by atoms with E-state index in [1.165, 1.54) is 18.2 Å². The van der Waals surface area contributed by atoms with Crippen molar-refractivity contribution < 1.29 is 22.7 Å². The van der Waals surface area contributed by atoms with Crippen molar-refractivity contribution in [2.24, 2.45) is 0 Å². The topological polar surface area (TPSA) is 71.2 Å². The molecule has 0 aliphatic carbocycles. The van der Waals surface area contributed by atoms with Crippen LogP contribution >= 0.6 is 0 Å². The minimum atomic E-state index is -4.85. The smallest absolute Gasteiger partial charge is 0.406 e. The van der Waals surface area contributed by atoms with Gasteiger partial charge in [-0.1, -0.05) is 42.5 Å². The predicted molar refractivity (Wildman–Crippen MR) is 111 cm³/mol. The summed E-state index contributed by atoms with van der Waals surface area (Å²) in [6.07, 6.45) is -4.85. The lowest BCUT2D eigenvalue weighted by Crippen LogP contribution is -2.23. The lowest BCUT2D eigenvalue weighted by atomic mass is 10.0. The summed E-state index contributed by atoms with van der Waals surface area (Å²) >= 11 is 0. The number of carbonyl (C=O) groups is 1. The van der Waals surface area contributed by atoms with Crippen molar-refractivity contribution in [3.8, 4) is 17.0 Å². The lowest BCUT2D eigenvalue weighted by Gasteiger charge is -2.11. The molecule has 0 fully saturated rings. The molecule has 4 aromatic rings. The van der Waals surface area contributed by atoms with Gasteiger partial charge < -0.3 is 15.0 Å². The number of anilines is 1. The molecule has 0 aliphatic rings. The summed E-state index contributed by atoms with van der Waals surface area (Å²) in [5, 5.41) is 4.46. The van der Waals surface area contributed by atoms with Gasteiger partial charge in [-0.15, -0.1) is 13.2 Å². The van der Waals surface area contributed by atoms with Crippen LogP contribution in [0.15, 0.2) is 83.7 Å². The van der Waals surface area contributed by atoms with Crippen molar-refractivity contribution >= 4 is 22.4 Å². The highest BCUT2D eigenvalue weighted by atomic mass is 19.4. The number of amides is 1. The molecule has 156 valence electrons. The van der Waals surface area contributed by atoms with Gasteiger partial charge in [-0.05, 0) is 46.7 Å². The highest BCUT2D eigenvalue weighted by Gasteiger charge is 2.31. The number of hydrogen-bond acceptors (Lipinski definition) is 3. The van der Waals surface area contributed by atoms with E-state index in [0.29, 0.717) is 5.69 Å². The highest BCUT2D eigenvalue weighted by molar-refractivity contribution is 6.04. The van der Waals surface area contributed by atoms with Gasteiger partial charge in [-0.25, -0.2) is 0 Å². The Bertz CT molecular complexity index is 1330. The standard InChI is InChI=1S/C23H15F3N2O3/c24-23(25,26)31-18-7-3-6-17(13-18)27-21(29)19-10-11-20(28-22(19)30)16-9-8-14-4-1-2-5-15(14)12-16/h1-13H,(H,27,29)(H,28,30). The maximum Gasteiger partial charge on any atom is 0.573 e. The maximum absolute atomic E-state index is 12.5. The molecule has 0 saturated carbocycles. The zero-order valence-corrected chi connectivity index (χ0v) is 15.9. The number of H-pyrrole nitrogens is 1. The number of hydrogen-bond donors (Lipinski definition) is 2. The minimum absolute atomic E-state index is 0.0600. The monoisotopic (exact) mass is 424 g/mol. The average molecular weight is 424 g/mol. The van der Waals surface area contributed by atoms with E-state index in [9.17, 15) is 22.8 Å². The molecule has 0 aliphatic heterocycles. The first-order valence-corrected chi connectivity index (χ1v) is 9.18. The lowest BCUT2D eigenvalue weighted by molar-refractivity contribution is -0.274. The Balaban J connectivity index is 1.56. The summed E-state index contributed by atoms with van der Waals surface area (Å²) in [6.45, 7) is 0. The van der Waals surface area contributed by atoms with Gasteiger partial charge >= 0.3 is 6.36 Å². The van der Waals surface area contributed by atoms with Crippen molar-refractivity contribution in [2.45, 2.75) is 6.36 Å². The largest absolute Gasteiger partial charge is 0.573 e. The van der Waals surface area contributed by atoms with Crippen LogP contribution in [0, 0.1) is 0 Å². The number of aromatic amines is 1. The third kappa shape index (κ3) is 4.75. The molecule has 0 bridgehead atoms.